The number of rotatable bonds is 6. The zero-order valence-corrected chi connectivity index (χ0v) is 12.6. The Balaban J connectivity index is 2.40. The van der Waals surface area contributed by atoms with Crippen LogP contribution in [0.2, 0.25) is 0 Å². The first-order valence-electron chi connectivity index (χ1n) is 7.32. The third kappa shape index (κ3) is 4.76. The standard InChI is InChI=1S/C14H27N3O3/c1-9(2)8-16-14(20)10(3)17-6-4-11(5-7-17)12(18)13(15)19/h9-12,18H,4-8H2,1-3H3,(H2,15,19)(H,16,20)/t10-,12-/m0/s1. The van der Waals surface area contributed by atoms with Gasteiger partial charge in [0, 0.05) is 6.54 Å². The Morgan fingerprint density at radius 3 is 2.30 bits per heavy atom. The van der Waals surface area contributed by atoms with Gasteiger partial charge in [-0.3, -0.25) is 14.5 Å². The number of piperidine rings is 1. The summed E-state index contributed by atoms with van der Waals surface area (Å²) in [6.07, 6.45) is 0.305. The second kappa shape index (κ2) is 7.59. The molecule has 1 aliphatic heterocycles. The van der Waals surface area contributed by atoms with Crippen molar-refractivity contribution in [2.75, 3.05) is 19.6 Å². The maximum Gasteiger partial charge on any atom is 0.246 e. The monoisotopic (exact) mass is 285 g/mol. The molecule has 1 rings (SSSR count). The van der Waals surface area contributed by atoms with Gasteiger partial charge in [-0.15, -0.1) is 0 Å². The van der Waals surface area contributed by atoms with Crippen molar-refractivity contribution in [3.63, 3.8) is 0 Å². The van der Waals surface area contributed by atoms with Gasteiger partial charge >= 0.3 is 0 Å². The number of nitrogens with zero attached hydrogens (tertiary/aromatic N) is 1. The third-order valence-electron chi connectivity index (χ3n) is 3.92. The molecule has 0 aromatic heterocycles. The van der Waals surface area contributed by atoms with Crippen molar-refractivity contribution in [2.24, 2.45) is 17.6 Å². The zero-order valence-electron chi connectivity index (χ0n) is 12.6. The van der Waals surface area contributed by atoms with E-state index in [4.69, 9.17) is 5.73 Å². The van der Waals surface area contributed by atoms with Gasteiger partial charge in [0.15, 0.2) is 0 Å². The molecule has 4 N–H and O–H groups in total. The van der Waals surface area contributed by atoms with E-state index in [1.807, 2.05) is 6.92 Å². The van der Waals surface area contributed by atoms with Crippen molar-refractivity contribution in [3.05, 3.63) is 0 Å². The summed E-state index contributed by atoms with van der Waals surface area (Å²) in [4.78, 5) is 25.0. The lowest BCUT2D eigenvalue weighted by molar-refractivity contribution is -0.131. The molecule has 0 saturated carbocycles. The summed E-state index contributed by atoms with van der Waals surface area (Å²) < 4.78 is 0. The maximum absolute atomic E-state index is 12.0. The lowest BCUT2D eigenvalue weighted by atomic mass is 9.90. The quantitative estimate of drug-likeness (QED) is 0.624. The molecule has 0 aromatic rings. The highest BCUT2D eigenvalue weighted by atomic mass is 16.3. The van der Waals surface area contributed by atoms with E-state index in [2.05, 4.69) is 24.1 Å². The first-order chi connectivity index (χ1) is 9.32. The van der Waals surface area contributed by atoms with E-state index >= 15 is 0 Å². The number of carbonyl (C=O) groups is 2. The predicted molar refractivity (Wildman–Crippen MR) is 76.8 cm³/mol. The molecule has 1 saturated heterocycles. The summed E-state index contributed by atoms with van der Waals surface area (Å²) in [6.45, 7) is 8.08. The van der Waals surface area contributed by atoms with Gasteiger partial charge in [0.2, 0.25) is 11.8 Å². The number of aliphatic hydroxyl groups is 1. The molecule has 0 bridgehead atoms. The highest BCUT2D eigenvalue weighted by Crippen LogP contribution is 2.22. The molecule has 0 spiro atoms. The number of primary amides is 1. The van der Waals surface area contributed by atoms with Gasteiger partial charge < -0.3 is 16.2 Å². The van der Waals surface area contributed by atoms with Crippen LogP contribution in [0.5, 0.6) is 0 Å². The number of likely N-dealkylation sites (tertiary alicyclic amines) is 1. The zero-order chi connectivity index (χ0) is 15.3. The highest BCUT2D eigenvalue weighted by molar-refractivity contribution is 5.81. The number of nitrogens with two attached hydrogens (primary N) is 1. The van der Waals surface area contributed by atoms with Gasteiger partial charge in [-0.1, -0.05) is 13.8 Å². The molecule has 6 nitrogen and oxygen atoms in total. The molecule has 20 heavy (non-hydrogen) atoms. The molecule has 1 fully saturated rings. The van der Waals surface area contributed by atoms with Crippen LogP contribution in [0, 0.1) is 11.8 Å². The smallest absolute Gasteiger partial charge is 0.246 e. The average molecular weight is 285 g/mol. The summed E-state index contributed by atoms with van der Waals surface area (Å²) in [5.41, 5.74) is 5.11. The van der Waals surface area contributed by atoms with Gasteiger partial charge in [0.25, 0.3) is 0 Å². The van der Waals surface area contributed by atoms with Crippen LogP contribution in [0.1, 0.15) is 33.6 Å². The molecule has 0 radical (unpaired) electrons. The molecule has 2 atom stereocenters. The second-order valence-corrected chi connectivity index (χ2v) is 6.04. The Morgan fingerprint density at radius 1 is 1.30 bits per heavy atom. The maximum atomic E-state index is 12.0. The number of nitrogens with one attached hydrogen (secondary N) is 1. The molecule has 116 valence electrons. The van der Waals surface area contributed by atoms with E-state index in [0.717, 1.165) is 0 Å². The van der Waals surface area contributed by atoms with Gasteiger partial charge in [-0.2, -0.15) is 0 Å². The van der Waals surface area contributed by atoms with Crippen molar-refractivity contribution in [2.45, 2.75) is 45.8 Å². The molecule has 1 heterocycles. The summed E-state index contributed by atoms with van der Waals surface area (Å²) in [5.74, 6) is -0.281. The fourth-order valence-electron chi connectivity index (χ4n) is 2.47. The lowest BCUT2D eigenvalue weighted by Gasteiger charge is -2.36. The van der Waals surface area contributed by atoms with Crippen LogP contribution in [0.3, 0.4) is 0 Å². The van der Waals surface area contributed by atoms with Crippen LogP contribution >= 0.6 is 0 Å². The normalized spacial score (nSPS) is 20.6. The van der Waals surface area contributed by atoms with Crippen LogP contribution in [0.25, 0.3) is 0 Å². The Labute approximate surface area is 120 Å². The molecule has 2 amide bonds. The van der Waals surface area contributed by atoms with Crippen LogP contribution in [-0.4, -0.2) is 53.6 Å². The third-order valence-corrected chi connectivity index (χ3v) is 3.92. The first-order valence-corrected chi connectivity index (χ1v) is 7.32. The number of aliphatic hydroxyl groups excluding tert-OH is 1. The number of carbonyl (C=O) groups excluding carboxylic acids is 2. The molecular weight excluding hydrogens is 258 g/mol. The Kier molecular flexibility index (Phi) is 6.42. The Bertz CT molecular complexity index is 339. The summed E-state index contributed by atoms with van der Waals surface area (Å²) in [7, 11) is 0. The summed E-state index contributed by atoms with van der Waals surface area (Å²) >= 11 is 0. The average Bonchev–Trinajstić information content (AvgIpc) is 2.43. The number of amides is 2. The second-order valence-electron chi connectivity index (χ2n) is 6.04. The molecule has 1 aliphatic rings. The fourth-order valence-corrected chi connectivity index (χ4v) is 2.47. The molecular formula is C14H27N3O3. The van der Waals surface area contributed by atoms with Crippen LogP contribution in [0.15, 0.2) is 0 Å². The minimum atomic E-state index is -1.07. The highest BCUT2D eigenvalue weighted by Gasteiger charge is 2.31. The van der Waals surface area contributed by atoms with Crippen LogP contribution in [-0.2, 0) is 9.59 Å². The van der Waals surface area contributed by atoms with E-state index in [9.17, 15) is 14.7 Å². The number of hydrogen-bond acceptors (Lipinski definition) is 4. The minimum absolute atomic E-state index is 0.0348. The largest absolute Gasteiger partial charge is 0.383 e. The molecule has 6 heteroatoms. The van der Waals surface area contributed by atoms with Crippen molar-refractivity contribution >= 4 is 11.8 Å². The van der Waals surface area contributed by atoms with Crippen molar-refractivity contribution in [3.8, 4) is 0 Å². The fraction of sp³-hybridized carbons (Fsp3) is 0.857. The Hall–Kier alpha value is -1.14. The first kappa shape index (κ1) is 16.9. The van der Waals surface area contributed by atoms with Gasteiger partial charge in [-0.05, 0) is 44.7 Å². The lowest BCUT2D eigenvalue weighted by Crippen LogP contribution is -2.50. The van der Waals surface area contributed by atoms with Crippen molar-refractivity contribution < 1.29 is 14.7 Å². The van der Waals surface area contributed by atoms with E-state index in [1.54, 1.807) is 0 Å². The Morgan fingerprint density at radius 2 is 1.85 bits per heavy atom. The number of hydrogen-bond donors (Lipinski definition) is 3. The molecule has 0 unspecified atom stereocenters. The molecule has 0 aromatic carbocycles. The van der Waals surface area contributed by atoms with Gasteiger partial charge in [0.1, 0.15) is 6.10 Å². The molecule has 0 aliphatic carbocycles. The van der Waals surface area contributed by atoms with Crippen molar-refractivity contribution in [1.29, 1.82) is 0 Å². The SMILES string of the molecule is CC(C)CNC(=O)[C@H](C)N1CCC([C@H](O)C(N)=O)CC1. The van der Waals surface area contributed by atoms with Crippen LogP contribution in [0.4, 0.5) is 0 Å². The van der Waals surface area contributed by atoms with E-state index in [1.165, 1.54) is 0 Å². The predicted octanol–water partition coefficient (Wildman–Crippen LogP) is -0.295. The summed E-state index contributed by atoms with van der Waals surface area (Å²) in [6, 6.07) is -0.180. The van der Waals surface area contributed by atoms with E-state index < -0.39 is 12.0 Å². The summed E-state index contributed by atoms with van der Waals surface area (Å²) in [5, 5.41) is 12.6. The topological polar surface area (TPSA) is 95.7 Å². The minimum Gasteiger partial charge on any atom is -0.383 e. The van der Waals surface area contributed by atoms with Crippen molar-refractivity contribution in [1.82, 2.24) is 10.2 Å². The van der Waals surface area contributed by atoms with Gasteiger partial charge in [-0.25, -0.2) is 0 Å². The van der Waals surface area contributed by atoms with E-state index in [-0.39, 0.29) is 17.9 Å². The van der Waals surface area contributed by atoms with E-state index in [0.29, 0.717) is 38.4 Å². The van der Waals surface area contributed by atoms with Crippen LogP contribution < -0.4 is 11.1 Å². The van der Waals surface area contributed by atoms with Gasteiger partial charge in [0.05, 0.1) is 6.04 Å².